The van der Waals surface area contributed by atoms with Gasteiger partial charge in [0.15, 0.2) is 0 Å². The van der Waals surface area contributed by atoms with Crippen molar-refractivity contribution in [2.45, 2.75) is 0 Å². The highest BCUT2D eigenvalue weighted by Crippen LogP contribution is 2.32. The summed E-state index contributed by atoms with van der Waals surface area (Å²) in [5.74, 6) is 1.42. The summed E-state index contributed by atoms with van der Waals surface area (Å²) < 4.78 is 7.04. The third kappa shape index (κ3) is 2.94. The van der Waals surface area contributed by atoms with Gasteiger partial charge >= 0.3 is 0 Å². The Labute approximate surface area is 122 Å². The van der Waals surface area contributed by atoms with Crippen LogP contribution in [0.2, 0.25) is 0 Å². The van der Waals surface area contributed by atoms with E-state index in [2.05, 4.69) is 42.2 Å². The molecule has 94 valence electrons. The molecule has 2 rings (SSSR count). The molecule has 4 nitrogen and oxygen atoms in total. The average Bonchev–Trinajstić information content (AvgIpc) is 2.33. The number of ether oxygens (including phenoxy) is 1. The fourth-order valence-electron chi connectivity index (χ4n) is 1.45. The first-order chi connectivity index (χ1) is 8.60. The molecule has 6 heteroatoms. The van der Waals surface area contributed by atoms with Crippen LogP contribution >= 0.6 is 31.9 Å². The van der Waals surface area contributed by atoms with Crippen molar-refractivity contribution in [3.63, 3.8) is 0 Å². The van der Waals surface area contributed by atoms with Crippen LogP contribution in [-0.2, 0) is 0 Å². The molecule has 18 heavy (non-hydrogen) atoms. The molecular formula is C12H11Br2N3O. The molecule has 0 saturated heterocycles. The number of hydrogen-bond donors (Lipinski definition) is 2. The van der Waals surface area contributed by atoms with Gasteiger partial charge in [0.25, 0.3) is 0 Å². The summed E-state index contributed by atoms with van der Waals surface area (Å²) >= 11 is 6.83. The molecule has 0 radical (unpaired) electrons. The Balaban J connectivity index is 2.36. The van der Waals surface area contributed by atoms with Crippen LogP contribution in [0, 0.1) is 0 Å². The van der Waals surface area contributed by atoms with Crippen LogP contribution in [-0.4, -0.2) is 12.1 Å². The maximum absolute atomic E-state index is 5.65. The highest BCUT2D eigenvalue weighted by molar-refractivity contribution is 9.10. The minimum Gasteiger partial charge on any atom is -0.495 e. The number of nitrogens with one attached hydrogen (secondary N) is 1. The molecule has 0 atom stereocenters. The number of methoxy groups -OCH3 is 1. The lowest BCUT2D eigenvalue weighted by Crippen LogP contribution is -1.98. The standard InChI is InChI=1S/C12H11Br2N3O/c1-18-11-3-2-7(13)4-10(11)17-12-9(14)5-8(15)6-16-12/h2-6H,15H2,1H3,(H,16,17). The van der Waals surface area contributed by atoms with Crippen molar-refractivity contribution >= 4 is 49.1 Å². The van der Waals surface area contributed by atoms with Gasteiger partial charge in [-0.05, 0) is 40.2 Å². The van der Waals surface area contributed by atoms with Gasteiger partial charge in [-0.25, -0.2) is 4.98 Å². The predicted octanol–water partition coefficient (Wildman–Crippen LogP) is 3.94. The normalized spacial score (nSPS) is 10.2. The molecule has 0 bridgehead atoms. The molecule has 1 heterocycles. The number of hydrogen-bond acceptors (Lipinski definition) is 4. The maximum Gasteiger partial charge on any atom is 0.144 e. The molecule has 0 spiro atoms. The van der Waals surface area contributed by atoms with Crippen molar-refractivity contribution in [2.75, 3.05) is 18.2 Å². The van der Waals surface area contributed by atoms with Gasteiger partial charge in [-0.3, -0.25) is 0 Å². The van der Waals surface area contributed by atoms with E-state index < -0.39 is 0 Å². The Hall–Kier alpha value is -1.27. The minimum absolute atomic E-state index is 0.605. The van der Waals surface area contributed by atoms with E-state index in [1.165, 1.54) is 0 Å². The predicted molar refractivity (Wildman–Crippen MR) is 80.3 cm³/mol. The van der Waals surface area contributed by atoms with E-state index in [1.807, 2.05) is 18.2 Å². The van der Waals surface area contributed by atoms with E-state index in [1.54, 1.807) is 19.4 Å². The molecule has 1 aromatic heterocycles. The first kappa shape index (κ1) is 13.2. The Morgan fingerprint density at radius 1 is 1.28 bits per heavy atom. The van der Waals surface area contributed by atoms with Gasteiger partial charge in [0.05, 0.1) is 29.2 Å². The van der Waals surface area contributed by atoms with E-state index in [0.29, 0.717) is 11.5 Å². The van der Waals surface area contributed by atoms with Crippen LogP contribution in [0.15, 0.2) is 39.4 Å². The van der Waals surface area contributed by atoms with Crippen molar-refractivity contribution in [3.8, 4) is 5.75 Å². The van der Waals surface area contributed by atoms with Gasteiger partial charge in [-0.2, -0.15) is 0 Å². The molecule has 0 aliphatic heterocycles. The van der Waals surface area contributed by atoms with Crippen molar-refractivity contribution in [1.82, 2.24) is 4.98 Å². The second kappa shape index (κ2) is 5.58. The van der Waals surface area contributed by atoms with E-state index in [0.717, 1.165) is 20.4 Å². The molecule has 0 unspecified atom stereocenters. The molecule has 0 amide bonds. The minimum atomic E-state index is 0.605. The molecule has 2 aromatic rings. The van der Waals surface area contributed by atoms with Crippen LogP contribution in [0.1, 0.15) is 0 Å². The Morgan fingerprint density at radius 3 is 2.72 bits per heavy atom. The van der Waals surface area contributed by atoms with Crippen molar-refractivity contribution < 1.29 is 4.74 Å². The zero-order valence-electron chi connectivity index (χ0n) is 9.58. The lowest BCUT2D eigenvalue weighted by atomic mass is 10.3. The largest absolute Gasteiger partial charge is 0.495 e. The van der Waals surface area contributed by atoms with Gasteiger partial charge in [-0.1, -0.05) is 15.9 Å². The van der Waals surface area contributed by atoms with Crippen LogP contribution in [0.3, 0.4) is 0 Å². The monoisotopic (exact) mass is 371 g/mol. The molecule has 0 fully saturated rings. The Morgan fingerprint density at radius 2 is 2.06 bits per heavy atom. The number of benzene rings is 1. The van der Waals surface area contributed by atoms with Gasteiger partial charge in [0.2, 0.25) is 0 Å². The number of pyridine rings is 1. The smallest absolute Gasteiger partial charge is 0.144 e. The highest BCUT2D eigenvalue weighted by Gasteiger charge is 2.07. The summed E-state index contributed by atoms with van der Waals surface area (Å²) in [6.45, 7) is 0. The van der Waals surface area contributed by atoms with Gasteiger partial charge in [0, 0.05) is 4.47 Å². The summed E-state index contributed by atoms with van der Waals surface area (Å²) in [7, 11) is 1.62. The molecule has 0 saturated carbocycles. The van der Waals surface area contributed by atoms with Gasteiger partial charge in [0.1, 0.15) is 11.6 Å². The molecular weight excluding hydrogens is 362 g/mol. The first-order valence-electron chi connectivity index (χ1n) is 5.11. The number of halogens is 2. The molecule has 1 aromatic carbocycles. The summed E-state index contributed by atoms with van der Waals surface area (Å²) in [4.78, 5) is 4.22. The van der Waals surface area contributed by atoms with Crippen molar-refractivity contribution in [2.24, 2.45) is 0 Å². The lowest BCUT2D eigenvalue weighted by Gasteiger charge is -2.12. The summed E-state index contributed by atoms with van der Waals surface area (Å²) in [6.07, 6.45) is 1.59. The van der Waals surface area contributed by atoms with Crippen LogP contribution in [0.4, 0.5) is 17.2 Å². The van der Waals surface area contributed by atoms with E-state index >= 15 is 0 Å². The van der Waals surface area contributed by atoms with Gasteiger partial charge in [-0.15, -0.1) is 0 Å². The number of nitrogens with two attached hydrogens (primary N) is 1. The third-order valence-electron chi connectivity index (χ3n) is 2.28. The summed E-state index contributed by atoms with van der Waals surface area (Å²) in [6, 6.07) is 7.50. The van der Waals surface area contributed by atoms with Crippen molar-refractivity contribution in [1.29, 1.82) is 0 Å². The molecule has 3 N–H and O–H groups in total. The van der Waals surface area contributed by atoms with Crippen molar-refractivity contribution in [3.05, 3.63) is 39.4 Å². The summed E-state index contributed by atoms with van der Waals surface area (Å²) in [5, 5.41) is 3.19. The zero-order valence-corrected chi connectivity index (χ0v) is 12.7. The van der Waals surface area contributed by atoms with Crippen LogP contribution in [0.25, 0.3) is 0 Å². The second-order valence-electron chi connectivity index (χ2n) is 3.57. The van der Waals surface area contributed by atoms with Gasteiger partial charge < -0.3 is 15.8 Å². The SMILES string of the molecule is COc1ccc(Br)cc1Nc1ncc(N)cc1Br. The molecule has 0 aliphatic rings. The lowest BCUT2D eigenvalue weighted by molar-refractivity contribution is 0.416. The van der Waals surface area contributed by atoms with Crippen LogP contribution in [0.5, 0.6) is 5.75 Å². The fourth-order valence-corrected chi connectivity index (χ4v) is 2.28. The zero-order chi connectivity index (χ0) is 13.1. The van der Waals surface area contributed by atoms with E-state index in [9.17, 15) is 0 Å². The summed E-state index contributed by atoms with van der Waals surface area (Å²) in [5.41, 5.74) is 7.08. The highest BCUT2D eigenvalue weighted by atomic mass is 79.9. The Bertz CT molecular complexity index is 575. The number of nitrogen functional groups attached to an aromatic ring is 1. The second-order valence-corrected chi connectivity index (χ2v) is 5.34. The van der Waals surface area contributed by atoms with Crippen LogP contribution < -0.4 is 15.8 Å². The topological polar surface area (TPSA) is 60.2 Å². The number of aromatic nitrogens is 1. The fraction of sp³-hybridized carbons (Fsp3) is 0.0833. The van der Waals surface area contributed by atoms with E-state index in [-0.39, 0.29) is 0 Å². The number of anilines is 3. The Kier molecular flexibility index (Phi) is 4.08. The molecule has 0 aliphatic carbocycles. The maximum atomic E-state index is 5.65. The number of nitrogens with zero attached hydrogens (tertiary/aromatic N) is 1. The van der Waals surface area contributed by atoms with E-state index in [4.69, 9.17) is 10.5 Å². The quantitative estimate of drug-likeness (QED) is 0.856. The third-order valence-corrected chi connectivity index (χ3v) is 3.37. The average molecular weight is 373 g/mol. The number of rotatable bonds is 3. The first-order valence-corrected chi connectivity index (χ1v) is 6.70.